The van der Waals surface area contributed by atoms with Crippen molar-refractivity contribution in [3.8, 4) is 66.8 Å². The first-order valence-electron chi connectivity index (χ1n) is 14.6. The van der Waals surface area contributed by atoms with Gasteiger partial charge in [-0.2, -0.15) is 0 Å². The minimum Gasteiger partial charge on any atom is -0.255 e. The van der Waals surface area contributed by atoms with Gasteiger partial charge in [0.25, 0.3) is 0 Å². The molecule has 0 unspecified atom stereocenters. The van der Waals surface area contributed by atoms with Crippen LogP contribution in [0.4, 0.5) is 0 Å². The Labute approximate surface area is 254 Å². The quantitative estimate of drug-likeness (QED) is 0.204. The summed E-state index contributed by atoms with van der Waals surface area (Å²) in [7, 11) is 0. The molecule has 9 rings (SSSR count). The van der Waals surface area contributed by atoms with Gasteiger partial charge in [0.05, 0.1) is 10.2 Å². The van der Waals surface area contributed by atoms with E-state index in [9.17, 15) is 0 Å². The largest absolute Gasteiger partial charge is 0.255 e. The second-order valence-corrected chi connectivity index (χ2v) is 12.2. The van der Waals surface area contributed by atoms with Gasteiger partial charge in [0.15, 0.2) is 0 Å². The molecule has 0 bridgehead atoms. The van der Waals surface area contributed by atoms with Crippen LogP contribution in [-0.2, 0) is 0 Å². The summed E-state index contributed by atoms with van der Waals surface area (Å²) in [5.74, 6) is 0. The summed E-state index contributed by atoms with van der Waals surface area (Å²) in [6.45, 7) is 0. The van der Waals surface area contributed by atoms with Crippen molar-refractivity contribution in [3.63, 3.8) is 0 Å². The Balaban J connectivity index is 1.29. The van der Waals surface area contributed by atoms with E-state index < -0.39 is 0 Å². The van der Waals surface area contributed by atoms with Crippen molar-refractivity contribution in [2.24, 2.45) is 0 Å². The molecular weight excluding hydrogens is 539 g/mol. The van der Waals surface area contributed by atoms with E-state index in [0.29, 0.717) is 0 Å². The number of hydrogen-bond acceptors (Lipinski definition) is 2. The van der Waals surface area contributed by atoms with Gasteiger partial charge in [-0.15, -0.1) is 11.3 Å². The number of fused-ring (bicyclic) bond motifs is 11. The number of rotatable bonds is 2. The Morgan fingerprint density at radius 2 is 0.930 bits per heavy atom. The number of benzene rings is 6. The summed E-state index contributed by atoms with van der Waals surface area (Å²) in [5.41, 5.74) is 16.1. The van der Waals surface area contributed by atoms with Crippen LogP contribution < -0.4 is 0 Å². The molecule has 0 N–H and O–H groups in total. The van der Waals surface area contributed by atoms with E-state index in [1.165, 1.54) is 81.5 Å². The second-order valence-electron chi connectivity index (χ2n) is 11.1. The highest BCUT2D eigenvalue weighted by atomic mass is 32.1. The fraction of sp³-hybridized carbons (Fsp3) is 0. The number of nitrogens with zero attached hydrogens (tertiary/aromatic N) is 1. The van der Waals surface area contributed by atoms with Crippen LogP contribution in [0.5, 0.6) is 0 Å². The standard InChI is InChI=1S/C41H25NS/c1-2-13-31-30(12-1)32-14-3-4-15-34(32)36-19-8-18-29(40(36)35-17-6-5-16-33(31)35)28-11-7-10-26(24-28)27-21-22-38-37(25-27)41-39(43-38)20-9-23-42-41/h1-25H. The van der Waals surface area contributed by atoms with E-state index in [1.807, 2.05) is 12.3 Å². The molecule has 8 aromatic rings. The highest BCUT2D eigenvalue weighted by molar-refractivity contribution is 7.25. The van der Waals surface area contributed by atoms with Crippen molar-refractivity contribution in [1.29, 1.82) is 0 Å². The van der Waals surface area contributed by atoms with Gasteiger partial charge in [-0.25, -0.2) is 0 Å². The van der Waals surface area contributed by atoms with Crippen LogP contribution in [0, 0.1) is 0 Å². The molecule has 0 saturated carbocycles. The maximum absolute atomic E-state index is 4.70. The fourth-order valence-corrected chi connectivity index (χ4v) is 7.84. The van der Waals surface area contributed by atoms with Crippen molar-refractivity contribution in [2.75, 3.05) is 0 Å². The lowest BCUT2D eigenvalue weighted by atomic mass is 9.78. The van der Waals surface area contributed by atoms with Crippen molar-refractivity contribution in [3.05, 3.63) is 152 Å². The number of hydrogen-bond donors (Lipinski definition) is 0. The third kappa shape index (κ3) is 3.81. The zero-order chi connectivity index (χ0) is 28.3. The van der Waals surface area contributed by atoms with E-state index in [-0.39, 0.29) is 0 Å². The Kier molecular flexibility index (Phi) is 5.44. The van der Waals surface area contributed by atoms with Gasteiger partial charge in [-0.05, 0) is 97.1 Å². The lowest BCUT2D eigenvalue weighted by molar-refractivity contribution is 1.44. The molecule has 1 aliphatic carbocycles. The molecule has 2 heterocycles. The molecule has 0 aliphatic heterocycles. The number of aromatic nitrogens is 1. The summed E-state index contributed by atoms with van der Waals surface area (Å²) in [4.78, 5) is 4.70. The molecule has 0 fully saturated rings. The lowest BCUT2D eigenvalue weighted by Gasteiger charge is -2.25. The smallest absolute Gasteiger partial charge is 0.0888 e. The molecule has 200 valence electrons. The van der Waals surface area contributed by atoms with Crippen molar-refractivity contribution >= 4 is 31.6 Å². The molecule has 0 saturated heterocycles. The van der Waals surface area contributed by atoms with Crippen LogP contribution in [0.25, 0.3) is 87.1 Å². The monoisotopic (exact) mass is 563 g/mol. The Hall–Kier alpha value is -5.31. The summed E-state index contributed by atoms with van der Waals surface area (Å²) >= 11 is 1.81. The first kappa shape index (κ1) is 24.3. The van der Waals surface area contributed by atoms with Crippen molar-refractivity contribution in [1.82, 2.24) is 4.98 Å². The third-order valence-electron chi connectivity index (χ3n) is 8.72. The van der Waals surface area contributed by atoms with Crippen molar-refractivity contribution < 1.29 is 0 Å². The van der Waals surface area contributed by atoms with Crippen LogP contribution in [0.3, 0.4) is 0 Å². The summed E-state index contributed by atoms with van der Waals surface area (Å²) in [6.07, 6.45) is 1.89. The molecular formula is C41H25NS. The highest BCUT2D eigenvalue weighted by Crippen LogP contribution is 2.50. The van der Waals surface area contributed by atoms with Gasteiger partial charge >= 0.3 is 0 Å². The van der Waals surface area contributed by atoms with Gasteiger partial charge in [-0.3, -0.25) is 4.98 Å². The molecule has 1 nitrogen and oxygen atoms in total. The summed E-state index contributed by atoms with van der Waals surface area (Å²) in [6, 6.07) is 53.3. The van der Waals surface area contributed by atoms with E-state index >= 15 is 0 Å². The minimum absolute atomic E-state index is 1.08. The zero-order valence-electron chi connectivity index (χ0n) is 23.3. The average Bonchev–Trinajstić information content (AvgIpc) is 3.45. The van der Waals surface area contributed by atoms with E-state index in [2.05, 4.69) is 140 Å². The van der Waals surface area contributed by atoms with Gasteiger partial charge in [0.1, 0.15) is 0 Å². The fourth-order valence-electron chi connectivity index (χ4n) is 6.79. The summed E-state index contributed by atoms with van der Waals surface area (Å²) < 4.78 is 2.50. The molecule has 6 aromatic carbocycles. The SMILES string of the molecule is c1cc(-c2ccc3sc4cccnc4c3c2)cc(-c2cccc3c2-c2ccccc2-c2ccccc2-c2ccccc2-3)c1. The van der Waals surface area contributed by atoms with Crippen LogP contribution in [0.15, 0.2) is 152 Å². The zero-order valence-corrected chi connectivity index (χ0v) is 24.1. The number of pyridine rings is 1. The lowest BCUT2D eigenvalue weighted by Crippen LogP contribution is -1.98. The number of thiophene rings is 1. The molecule has 0 radical (unpaired) electrons. The van der Waals surface area contributed by atoms with E-state index in [1.54, 1.807) is 11.3 Å². The van der Waals surface area contributed by atoms with E-state index in [4.69, 9.17) is 4.98 Å². The van der Waals surface area contributed by atoms with Gasteiger partial charge < -0.3 is 0 Å². The third-order valence-corrected chi connectivity index (χ3v) is 9.84. The maximum Gasteiger partial charge on any atom is 0.0888 e. The van der Waals surface area contributed by atoms with Crippen molar-refractivity contribution in [2.45, 2.75) is 0 Å². The average molecular weight is 564 g/mol. The van der Waals surface area contributed by atoms with Gasteiger partial charge in [-0.1, -0.05) is 115 Å². The van der Waals surface area contributed by atoms with Gasteiger partial charge in [0.2, 0.25) is 0 Å². The first-order valence-corrected chi connectivity index (χ1v) is 15.4. The highest BCUT2D eigenvalue weighted by Gasteiger charge is 2.23. The van der Waals surface area contributed by atoms with Gasteiger partial charge in [0, 0.05) is 16.3 Å². The van der Waals surface area contributed by atoms with E-state index in [0.717, 1.165) is 5.52 Å². The topological polar surface area (TPSA) is 12.9 Å². The molecule has 0 atom stereocenters. The minimum atomic E-state index is 1.08. The van der Waals surface area contributed by atoms with Crippen LogP contribution in [-0.4, -0.2) is 4.98 Å². The normalized spacial score (nSPS) is 11.7. The molecule has 2 heteroatoms. The van der Waals surface area contributed by atoms with Crippen LogP contribution >= 0.6 is 11.3 Å². The summed E-state index contributed by atoms with van der Waals surface area (Å²) in [5, 5.41) is 1.22. The van der Waals surface area contributed by atoms with Crippen LogP contribution in [0.2, 0.25) is 0 Å². The molecule has 0 amide bonds. The predicted octanol–water partition coefficient (Wildman–Crippen LogP) is 11.8. The molecule has 0 spiro atoms. The second kappa shape index (κ2) is 9.62. The maximum atomic E-state index is 4.70. The Bertz CT molecular complexity index is 2350. The molecule has 2 aromatic heterocycles. The Morgan fingerprint density at radius 1 is 0.372 bits per heavy atom. The Morgan fingerprint density at radius 3 is 1.67 bits per heavy atom. The predicted molar refractivity (Wildman–Crippen MR) is 183 cm³/mol. The molecule has 1 aliphatic rings. The first-order chi connectivity index (χ1) is 21.3. The van der Waals surface area contributed by atoms with Crippen LogP contribution in [0.1, 0.15) is 0 Å². The molecule has 43 heavy (non-hydrogen) atoms.